The van der Waals surface area contributed by atoms with E-state index in [1.54, 1.807) is 38.6 Å². The second kappa shape index (κ2) is 10.4. The molecule has 5 rings (SSSR count). The van der Waals surface area contributed by atoms with Crippen molar-refractivity contribution in [2.45, 2.75) is 19.9 Å². The molecule has 3 aromatic carbocycles. The standard InChI is InChI=1S/C31H29N3O4/c1-19(2)20-8-10-22(11-9-20)33-30(35)24-6-5-7-25-23(24)13-15-34(31(25)36)18-21-12-14-32-27-17-29(38-4)28(37-3)16-26(21)27/h5-12,14,16-17H,1,13,15,18H2,2-4H3,(H,33,35). The maximum Gasteiger partial charge on any atom is 0.255 e. The van der Waals surface area contributed by atoms with E-state index < -0.39 is 0 Å². The van der Waals surface area contributed by atoms with E-state index in [-0.39, 0.29) is 11.8 Å². The molecule has 0 spiro atoms. The number of anilines is 1. The number of carbonyl (C=O) groups excluding carboxylic acids is 2. The van der Waals surface area contributed by atoms with Gasteiger partial charge in [-0.15, -0.1) is 0 Å². The van der Waals surface area contributed by atoms with Crippen molar-refractivity contribution in [3.8, 4) is 11.5 Å². The zero-order valence-corrected chi connectivity index (χ0v) is 21.7. The molecule has 0 saturated carbocycles. The molecule has 7 heteroatoms. The number of aromatic nitrogens is 1. The minimum atomic E-state index is -0.229. The van der Waals surface area contributed by atoms with Gasteiger partial charge in [0.1, 0.15) is 0 Å². The van der Waals surface area contributed by atoms with Gasteiger partial charge in [-0.2, -0.15) is 0 Å². The zero-order chi connectivity index (χ0) is 26.8. The average molecular weight is 508 g/mol. The molecule has 38 heavy (non-hydrogen) atoms. The molecule has 1 aliphatic heterocycles. The van der Waals surface area contributed by atoms with Crippen molar-refractivity contribution in [2.75, 3.05) is 26.1 Å². The van der Waals surface area contributed by atoms with E-state index in [9.17, 15) is 9.59 Å². The first-order chi connectivity index (χ1) is 18.4. The summed E-state index contributed by atoms with van der Waals surface area (Å²) in [5.74, 6) is 0.879. The Labute approximate surface area is 221 Å². The SMILES string of the molecule is C=C(C)c1ccc(NC(=O)c2cccc3c2CCN(Cc2ccnc4cc(OC)c(OC)cc24)C3=O)cc1. The Kier molecular flexibility index (Phi) is 6.83. The zero-order valence-electron chi connectivity index (χ0n) is 21.7. The van der Waals surface area contributed by atoms with Gasteiger partial charge < -0.3 is 19.7 Å². The molecule has 1 aromatic heterocycles. The number of nitrogens with zero attached hydrogens (tertiary/aromatic N) is 2. The summed E-state index contributed by atoms with van der Waals surface area (Å²) in [6.45, 7) is 6.80. The maximum absolute atomic E-state index is 13.5. The summed E-state index contributed by atoms with van der Waals surface area (Å²) in [7, 11) is 3.18. The van der Waals surface area contributed by atoms with Gasteiger partial charge in [-0.25, -0.2) is 0 Å². The van der Waals surface area contributed by atoms with E-state index >= 15 is 0 Å². The van der Waals surface area contributed by atoms with Crippen LogP contribution in [0.25, 0.3) is 16.5 Å². The third kappa shape index (κ3) is 4.70. The van der Waals surface area contributed by atoms with Crippen LogP contribution in [0.4, 0.5) is 5.69 Å². The lowest BCUT2D eigenvalue weighted by atomic mass is 9.93. The monoisotopic (exact) mass is 507 g/mol. The van der Waals surface area contributed by atoms with E-state index in [0.717, 1.165) is 33.2 Å². The topological polar surface area (TPSA) is 80.8 Å². The van der Waals surface area contributed by atoms with Crippen molar-refractivity contribution in [1.82, 2.24) is 9.88 Å². The normalized spacial score (nSPS) is 12.7. The Balaban J connectivity index is 1.39. The molecule has 2 heterocycles. The predicted octanol–water partition coefficient (Wildman–Crippen LogP) is 5.74. The Morgan fingerprint density at radius 1 is 1.05 bits per heavy atom. The number of benzene rings is 3. The number of nitrogens with one attached hydrogen (secondary N) is 1. The highest BCUT2D eigenvalue weighted by atomic mass is 16.5. The first-order valence-electron chi connectivity index (χ1n) is 12.4. The summed E-state index contributed by atoms with van der Waals surface area (Å²) in [5.41, 5.74) is 6.24. The molecule has 0 saturated heterocycles. The van der Waals surface area contributed by atoms with Crippen LogP contribution in [0.3, 0.4) is 0 Å². The Morgan fingerprint density at radius 2 is 1.79 bits per heavy atom. The highest BCUT2D eigenvalue weighted by molar-refractivity contribution is 6.08. The van der Waals surface area contributed by atoms with Crippen LogP contribution >= 0.6 is 0 Å². The number of allylic oxidation sites excluding steroid dienone is 1. The first-order valence-corrected chi connectivity index (χ1v) is 12.4. The predicted molar refractivity (Wildman–Crippen MR) is 149 cm³/mol. The number of rotatable bonds is 7. The molecule has 0 fully saturated rings. The van der Waals surface area contributed by atoms with E-state index in [2.05, 4.69) is 16.9 Å². The number of hydrogen-bond acceptors (Lipinski definition) is 5. The number of methoxy groups -OCH3 is 2. The van der Waals surface area contributed by atoms with Crippen molar-refractivity contribution < 1.29 is 19.1 Å². The van der Waals surface area contributed by atoms with Crippen molar-refractivity contribution >= 4 is 34.0 Å². The fraction of sp³-hybridized carbons (Fsp3) is 0.194. The lowest BCUT2D eigenvalue weighted by molar-refractivity contribution is 0.0727. The summed E-state index contributed by atoms with van der Waals surface area (Å²) in [5, 5.41) is 3.86. The fourth-order valence-corrected chi connectivity index (χ4v) is 4.85. The van der Waals surface area contributed by atoms with Gasteiger partial charge in [-0.3, -0.25) is 14.6 Å². The molecule has 1 N–H and O–H groups in total. The number of pyridine rings is 1. The molecule has 4 aromatic rings. The number of ether oxygens (including phenoxy) is 2. The number of hydrogen-bond donors (Lipinski definition) is 1. The molecular weight excluding hydrogens is 478 g/mol. The molecular formula is C31H29N3O4. The lowest BCUT2D eigenvalue weighted by Gasteiger charge is -2.30. The van der Waals surface area contributed by atoms with Gasteiger partial charge in [0.2, 0.25) is 0 Å². The summed E-state index contributed by atoms with van der Waals surface area (Å²) < 4.78 is 10.9. The van der Waals surface area contributed by atoms with Crippen LogP contribution in [0.1, 0.15) is 44.3 Å². The van der Waals surface area contributed by atoms with Crippen molar-refractivity contribution in [2.24, 2.45) is 0 Å². The summed E-state index contributed by atoms with van der Waals surface area (Å²) in [6.07, 6.45) is 2.32. The molecule has 192 valence electrons. The Bertz CT molecular complexity index is 1560. The van der Waals surface area contributed by atoms with Crippen LogP contribution in [0, 0.1) is 0 Å². The third-order valence-electron chi connectivity index (χ3n) is 6.90. The van der Waals surface area contributed by atoms with Gasteiger partial charge in [0, 0.05) is 47.6 Å². The molecule has 1 aliphatic rings. The molecule has 7 nitrogen and oxygen atoms in total. The number of amides is 2. The average Bonchev–Trinajstić information content (AvgIpc) is 2.93. The first kappa shape index (κ1) is 25.0. The van der Waals surface area contributed by atoms with Crippen LogP contribution in [-0.4, -0.2) is 42.5 Å². The second-order valence-corrected chi connectivity index (χ2v) is 9.31. The molecule has 0 bridgehead atoms. The van der Waals surface area contributed by atoms with Crippen LogP contribution in [0.2, 0.25) is 0 Å². The second-order valence-electron chi connectivity index (χ2n) is 9.31. The van der Waals surface area contributed by atoms with Crippen LogP contribution < -0.4 is 14.8 Å². The third-order valence-corrected chi connectivity index (χ3v) is 6.90. The molecule has 0 aliphatic carbocycles. The van der Waals surface area contributed by atoms with Gasteiger partial charge >= 0.3 is 0 Å². The summed E-state index contributed by atoms with van der Waals surface area (Å²) >= 11 is 0. The van der Waals surface area contributed by atoms with Crippen LogP contribution in [0.15, 0.2) is 73.4 Å². The van der Waals surface area contributed by atoms with Gasteiger partial charge in [-0.05, 0) is 66.4 Å². The van der Waals surface area contributed by atoms with E-state index in [1.807, 2.05) is 54.3 Å². The largest absolute Gasteiger partial charge is 0.493 e. The van der Waals surface area contributed by atoms with Crippen molar-refractivity contribution in [3.05, 3.63) is 101 Å². The van der Waals surface area contributed by atoms with E-state index in [1.165, 1.54) is 0 Å². The van der Waals surface area contributed by atoms with Gasteiger partial charge in [0.05, 0.1) is 19.7 Å². The Morgan fingerprint density at radius 3 is 2.50 bits per heavy atom. The lowest BCUT2D eigenvalue weighted by Crippen LogP contribution is -2.38. The number of carbonyl (C=O) groups is 2. The van der Waals surface area contributed by atoms with Crippen molar-refractivity contribution in [1.29, 1.82) is 0 Å². The Hall–Kier alpha value is -4.65. The quantitative estimate of drug-likeness (QED) is 0.345. The van der Waals surface area contributed by atoms with Gasteiger partial charge in [0.15, 0.2) is 11.5 Å². The van der Waals surface area contributed by atoms with E-state index in [4.69, 9.17) is 9.47 Å². The van der Waals surface area contributed by atoms with Crippen LogP contribution in [-0.2, 0) is 13.0 Å². The van der Waals surface area contributed by atoms with Crippen LogP contribution in [0.5, 0.6) is 11.5 Å². The summed E-state index contributed by atoms with van der Waals surface area (Å²) in [4.78, 5) is 33.0. The summed E-state index contributed by atoms with van der Waals surface area (Å²) in [6, 6.07) is 18.5. The fourth-order valence-electron chi connectivity index (χ4n) is 4.85. The van der Waals surface area contributed by atoms with Gasteiger partial charge in [-0.1, -0.05) is 30.4 Å². The minimum absolute atomic E-state index is 0.0999. The molecule has 2 amide bonds. The van der Waals surface area contributed by atoms with Crippen molar-refractivity contribution in [3.63, 3.8) is 0 Å². The maximum atomic E-state index is 13.5. The highest BCUT2D eigenvalue weighted by Crippen LogP contribution is 2.34. The minimum Gasteiger partial charge on any atom is -0.493 e. The highest BCUT2D eigenvalue weighted by Gasteiger charge is 2.28. The van der Waals surface area contributed by atoms with Gasteiger partial charge in [0.25, 0.3) is 11.8 Å². The van der Waals surface area contributed by atoms with E-state index in [0.29, 0.717) is 47.8 Å². The smallest absolute Gasteiger partial charge is 0.255 e. The number of fused-ring (bicyclic) bond motifs is 2. The molecule has 0 radical (unpaired) electrons. The molecule has 0 atom stereocenters. The molecule has 0 unspecified atom stereocenters.